The monoisotopic (exact) mass is 377 g/mol. The van der Waals surface area contributed by atoms with Gasteiger partial charge in [0.1, 0.15) is 0 Å². The van der Waals surface area contributed by atoms with Gasteiger partial charge in [-0.25, -0.2) is 0 Å². The Hall–Kier alpha value is -1.59. The second-order valence-corrected chi connectivity index (χ2v) is 8.02. The number of nitrogens with two attached hydrogens (primary N) is 1. The molecule has 4 N–H and O–H groups in total. The predicted octanol–water partition coefficient (Wildman–Crippen LogP) is 3.86. The van der Waals surface area contributed by atoms with E-state index in [9.17, 15) is 9.59 Å². The zero-order valence-corrected chi connectivity index (χ0v) is 15.9. The molecule has 0 saturated heterocycles. The lowest BCUT2D eigenvalue weighted by atomic mass is 9.95. The number of carbonyl (C=O) groups excluding carboxylic acids is 2. The minimum Gasteiger partial charge on any atom is -0.349 e. The Kier molecular flexibility index (Phi) is 6.54. The van der Waals surface area contributed by atoms with Gasteiger partial charge in [-0.05, 0) is 49.8 Å². The van der Waals surface area contributed by atoms with Crippen molar-refractivity contribution in [2.45, 2.75) is 69.9 Å². The topological polar surface area (TPSA) is 84.2 Å². The molecule has 0 aromatic heterocycles. The van der Waals surface area contributed by atoms with E-state index in [4.69, 9.17) is 17.3 Å². The van der Waals surface area contributed by atoms with E-state index in [0.717, 1.165) is 44.9 Å². The molecule has 0 unspecified atom stereocenters. The van der Waals surface area contributed by atoms with Crippen molar-refractivity contribution in [2.75, 3.05) is 5.32 Å². The molecule has 2 fully saturated rings. The Balaban J connectivity index is 1.61. The number of benzene rings is 1. The molecule has 2 aliphatic carbocycles. The highest BCUT2D eigenvalue weighted by Crippen LogP contribution is 2.28. The maximum Gasteiger partial charge on any atom is 0.253 e. The summed E-state index contributed by atoms with van der Waals surface area (Å²) in [6.45, 7) is 0. The van der Waals surface area contributed by atoms with Crippen LogP contribution in [-0.4, -0.2) is 23.9 Å². The van der Waals surface area contributed by atoms with Gasteiger partial charge in [0.25, 0.3) is 5.91 Å². The van der Waals surface area contributed by atoms with Crippen LogP contribution >= 0.6 is 11.6 Å². The first-order chi connectivity index (χ1) is 12.5. The standard InChI is InChI=1S/C20H28ClN3O2/c21-17-10-9-15(23-19(25)11-13-5-4-8-18(13)22)12-16(17)20(26)24-14-6-2-1-3-7-14/h9-10,12-14,18H,1-8,11,22H2,(H,23,25)(H,24,26)/t13-,18+/m0/s1. The van der Waals surface area contributed by atoms with E-state index in [-0.39, 0.29) is 29.8 Å². The van der Waals surface area contributed by atoms with Crippen LogP contribution < -0.4 is 16.4 Å². The van der Waals surface area contributed by atoms with Crippen molar-refractivity contribution < 1.29 is 9.59 Å². The quantitative estimate of drug-likeness (QED) is 0.728. The SMILES string of the molecule is N[C@@H]1CCC[C@H]1CC(=O)Nc1ccc(Cl)c(C(=O)NC2CCCCC2)c1. The van der Waals surface area contributed by atoms with Crippen LogP contribution in [-0.2, 0) is 4.79 Å². The number of nitrogens with one attached hydrogen (secondary N) is 2. The van der Waals surface area contributed by atoms with Gasteiger partial charge in [0.05, 0.1) is 10.6 Å². The van der Waals surface area contributed by atoms with Crippen molar-refractivity contribution >= 4 is 29.1 Å². The number of amides is 2. The van der Waals surface area contributed by atoms with E-state index in [1.54, 1.807) is 18.2 Å². The molecule has 0 radical (unpaired) electrons. The summed E-state index contributed by atoms with van der Waals surface area (Å²) in [5.74, 6) is 0.0143. The molecule has 2 saturated carbocycles. The lowest BCUT2D eigenvalue weighted by Crippen LogP contribution is -2.36. The Bertz CT molecular complexity index is 658. The van der Waals surface area contributed by atoms with Gasteiger partial charge >= 0.3 is 0 Å². The van der Waals surface area contributed by atoms with E-state index in [1.807, 2.05) is 0 Å². The van der Waals surface area contributed by atoms with Gasteiger partial charge < -0.3 is 16.4 Å². The van der Waals surface area contributed by atoms with Crippen LogP contribution in [0.3, 0.4) is 0 Å². The number of hydrogen-bond acceptors (Lipinski definition) is 3. The van der Waals surface area contributed by atoms with Gasteiger partial charge in [-0.1, -0.05) is 37.3 Å². The molecule has 26 heavy (non-hydrogen) atoms. The van der Waals surface area contributed by atoms with Crippen LogP contribution in [0.2, 0.25) is 5.02 Å². The highest BCUT2D eigenvalue weighted by molar-refractivity contribution is 6.34. The molecular formula is C20H28ClN3O2. The Morgan fingerprint density at radius 1 is 1.08 bits per heavy atom. The zero-order chi connectivity index (χ0) is 18.5. The summed E-state index contributed by atoms with van der Waals surface area (Å²) in [6, 6.07) is 5.38. The first-order valence-electron chi connectivity index (χ1n) is 9.69. The van der Waals surface area contributed by atoms with Crippen molar-refractivity contribution in [3.05, 3.63) is 28.8 Å². The van der Waals surface area contributed by atoms with Crippen LogP contribution in [0.15, 0.2) is 18.2 Å². The average Bonchev–Trinajstić information content (AvgIpc) is 3.02. The van der Waals surface area contributed by atoms with Crippen molar-refractivity contribution in [3.63, 3.8) is 0 Å². The van der Waals surface area contributed by atoms with E-state index in [1.165, 1.54) is 6.42 Å². The lowest BCUT2D eigenvalue weighted by molar-refractivity contribution is -0.117. The summed E-state index contributed by atoms with van der Waals surface area (Å²) < 4.78 is 0. The van der Waals surface area contributed by atoms with Crippen LogP contribution in [0.4, 0.5) is 5.69 Å². The number of anilines is 1. The van der Waals surface area contributed by atoms with Gasteiger partial charge in [0.15, 0.2) is 0 Å². The molecule has 5 nitrogen and oxygen atoms in total. The van der Waals surface area contributed by atoms with Gasteiger partial charge in [-0.3, -0.25) is 9.59 Å². The summed E-state index contributed by atoms with van der Waals surface area (Å²) in [5, 5.41) is 6.35. The third-order valence-corrected chi connectivity index (χ3v) is 5.93. The number of carbonyl (C=O) groups is 2. The van der Waals surface area contributed by atoms with Gasteiger partial charge in [0.2, 0.25) is 5.91 Å². The highest BCUT2D eigenvalue weighted by Gasteiger charge is 2.26. The van der Waals surface area contributed by atoms with E-state index in [2.05, 4.69) is 10.6 Å². The van der Waals surface area contributed by atoms with Crippen LogP contribution in [0.5, 0.6) is 0 Å². The summed E-state index contributed by atoms with van der Waals surface area (Å²) in [4.78, 5) is 24.9. The second kappa shape index (κ2) is 8.87. The fourth-order valence-corrected chi connectivity index (χ4v) is 4.26. The van der Waals surface area contributed by atoms with Crippen LogP contribution in [0, 0.1) is 5.92 Å². The minimum absolute atomic E-state index is 0.0617. The van der Waals surface area contributed by atoms with Gasteiger partial charge in [-0.15, -0.1) is 0 Å². The van der Waals surface area contributed by atoms with Crippen LogP contribution in [0.25, 0.3) is 0 Å². The fourth-order valence-electron chi connectivity index (χ4n) is 4.06. The molecule has 0 bridgehead atoms. The first kappa shape index (κ1) is 19.2. The molecule has 1 aromatic rings. The Morgan fingerprint density at radius 3 is 2.54 bits per heavy atom. The summed E-state index contributed by atoms with van der Waals surface area (Å²) in [7, 11) is 0. The summed E-state index contributed by atoms with van der Waals surface area (Å²) in [6.07, 6.45) is 9.08. The first-order valence-corrected chi connectivity index (χ1v) is 10.1. The van der Waals surface area contributed by atoms with Crippen molar-refractivity contribution in [1.82, 2.24) is 5.32 Å². The Labute approximate surface area is 160 Å². The predicted molar refractivity (Wildman–Crippen MR) is 104 cm³/mol. The molecule has 1 aromatic carbocycles. The van der Waals surface area contributed by atoms with E-state index >= 15 is 0 Å². The molecule has 142 valence electrons. The van der Waals surface area contributed by atoms with Crippen LogP contribution in [0.1, 0.15) is 68.1 Å². The zero-order valence-electron chi connectivity index (χ0n) is 15.1. The second-order valence-electron chi connectivity index (χ2n) is 7.61. The number of rotatable bonds is 5. The molecular weight excluding hydrogens is 350 g/mol. The number of hydrogen-bond donors (Lipinski definition) is 3. The van der Waals surface area contributed by atoms with Gasteiger partial charge in [-0.2, -0.15) is 0 Å². The fraction of sp³-hybridized carbons (Fsp3) is 0.600. The van der Waals surface area contributed by atoms with E-state index < -0.39 is 0 Å². The highest BCUT2D eigenvalue weighted by atomic mass is 35.5. The molecule has 2 amide bonds. The van der Waals surface area contributed by atoms with Crippen molar-refractivity contribution in [2.24, 2.45) is 11.7 Å². The third-order valence-electron chi connectivity index (χ3n) is 5.60. The van der Waals surface area contributed by atoms with Crippen molar-refractivity contribution in [3.8, 4) is 0 Å². The van der Waals surface area contributed by atoms with Gasteiger partial charge in [0, 0.05) is 24.2 Å². The lowest BCUT2D eigenvalue weighted by Gasteiger charge is -2.23. The molecule has 0 heterocycles. The number of halogens is 1. The molecule has 0 spiro atoms. The molecule has 6 heteroatoms. The maximum atomic E-state index is 12.6. The largest absolute Gasteiger partial charge is 0.349 e. The molecule has 0 aliphatic heterocycles. The third kappa shape index (κ3) is 4.98. The smallest absolute Gasteiger partial charge is 0.253 e. The molecule has 2 aliphatic rings. The van der Waals surface area contributed by atoms with E-state index in [0.29, 0.717) is 22.7 Å². The summed E-state index contributed by atoms with van der Waals surface area (Å²) in [5.41, 5.74) is 7.05. The minimum atomic E-state index is -0.171. The summed E-state index contributed by atoms with van der Waals surface area (Å²) >= 11 is 6.21. The molecule has 2 atom stereocenters. The molecule has 3 rings (SSSR count). The maximum absolute atomic E-state index is 12.6. The average molecular weight is 378 g/mol. The Morgan fingerprint density at radius 2 is 1.85 bits per heavy atom. The van der Waals surface area contributed by atoms with Crippen molar-refractivity contribution in [1.29, 1.82) is 0 Å². The normalized spacial score (nSPS) is 23.6.